The van der Waals surface area contributed by atoms with E-state index >= 15 is 0 Å². The molecule has 220 valence electrons. The number of methoxy groups -OCH3 is 2. The highest BCUT2D eigenvalue weighted by molar-refractivity contribution is 7.92. The topological polar surface area (TPSA) is 103 Å². The number of ether oxygens (including phenoxy) is 4. The number of nitrogens with zero attached hydrogens (tertiary/aromatic N) is 1. The van der Waals surface area contributed by atoms with Gasteiger partial charge in [-0.1, -0.05) is 18.2 Å². The van der Waals surface area contributed by atoms with Crippen molar-refractivity contribution < 1.29 is 45.3 Å². The maximum absolute atomic E-state index is 13.7. The van der Waals surface area contributed by atoms with Crippen molar-refractivity contribution in [2.75, 3.05) is 56.6 Å². The van der Waals surface area contributed by atoms with Gasteiger partial charge in [0.15, 0.2) is 6.79 Å². The van der Waals surface area contributed by atoms with Crippen LogP contribution in [0, 0.1) is 0 Å². The van der Waals surface area contributed by atoms with Crippen molar-refractivity contribution in [3.05, 3.63) is 71.3 Å². The average molecular weight is 595 g/mol. The predicted molar refractivity (Wildman–Crippen MR) is 147 cm³/mol. The minimum Gasteiger partial charge on any atom is -0.496 e. The molecule has 1 aliphatic rings. The molecule has 0 aromatic heterocycles. The smallest absolute Gasteiger partial charge is 0.416 e. The normalized spacial score (nSPS) is 13.6. The van der Waals surface area contributed by atoms with Crippen molar-refractivity contribution in [2.45, 2.75) is 12.6 Å². The van der Waals surface area contributed by atoms with E-state index in [4.69, 9.17) is 18.9 Å². The summed E-state index contributed by atoms with van der Waals surface area (Å²) in [5.74, 6) is 0.110. The van der Waals surface area contributed by atoms with Gasteiger partial charge >= 0.3 is 6.18 Å². The van der Waals surface area contributed by atoms with Gasteiger partial charge in [-0.25, -0.2) is 8.42 Å². The van der Waals surface area contributed by atoms with Gasteiger partial charge in [0.05, 0.1) is 43.4 Å². The summed E-state index contributed by atoms with van der Waals surface area (Å²) in [6.07, 6.45) is -3.02. The maximum atomic E-state index is 13.7. The van der Waals surface area contributed by atoms with E-state index < -0.39 is 21.8 Å². The SMILES string of the molecule is COCCOCOc1ccc(N2CCc3cc(-c4ccc(C(F)(F)F)cc4)cc(OC)c3C2=O)cc1NS(C)(=O)=O. The number of nitrogens with one attached hydrogen (secondary N) is 1. The van der Waals surface area contributed by atoms with Crippen molar-refractivity contribution in [1.82, 2.24) is 0 Å². The standard InChI is InChI=1S/C28H29F3N2O7S/c1-37-12-13-39-17-40-24-9-8-22(16-23(24)32-41(3,35)36)33-11-10-19-14-20(15-25(38-2)26(19)27(33)34)18-4-6-21(7-5-18)28(29,30)31/h4-9,14-16,32H,10-13,17H2,1-3H3. The first-order chi connectivity index (χ1) is 19.4. The van der Waals surface area contributed by atoms with E-state index in [0.717, 1.165) is 18.4 Å². The average Bonchev–Trinajstić information content (AvgIpc) is 2.92. The van der Waals surface area contributed by atoms with Crippen molar-refractivity contribution in [2.24, 2.45) is 0 Å². The van der Waals surface area contributed by atoms with Gasteiger partial charge in [-0.3, -0.25) is 9.52 Å². The van der Waals surface area contributed by atoms with E-state index in [9.17, 15) is 26.4 Å². The molecule has 1 N–H and O–H groups in total. The van der Waals surface area contributed by atoms with E-state index in [2.05, 4.69) is 4.72 Å². The van der Waals surface area contributed by atoms with E-state index in [1.54, 1.807) is 18.2 Å². The molecule has 0 saturated carbocycles. The summed E-state index contributed by atoms with van der Waals surface area (Å²) >= 11 is 0. The molecule has 0 unspecified atom stereocenters. The fourth-order valence-electron chi connectivity index (χ4n) is 4.41. The number of anilines is 2. The van der Waals surface area contributed by atoms with Crippen LogP contribution in [0.1, 0.15) is 21.5 Å². The van der Waals surface area contributed by atoms with Crippen LogP contribution in [0.2, 0.25) is 0 Å². The van der Waals surface area contributed by atoms with Crippen LogP contribution in [0.3, 0.4) is 0 Å². The molecule has 0 radical (unpaired) electrons. The molecule has 0 spiro atoms. The zero-order chi connectivity index (χ0) is 29.8. The number of halogens is 3. The molecular formula is C28H29F3N2O7S. The monoisotopic (exact) mass is 594 g/mol. The Kier molecular flexibility index (Phi) is 9.10. The Morgan fingerprint density at radius 3 is 2.32 bits per heavy atom. The second kappa shape index (κ2) is 12.4. The summed E-state index contributed by atoms with van der Waals surface area (Å²) in [7, 11) is -0.735. The molecule has 0 saturated heterocycles. The number of amides is 1. The molecule has 0 aliphatic carbocycles. The third-order valence-corrected chi connectivity index (χ3v) is 6.90. The summed E-state index contributed by atoms with van der Waals surface area (Å²) in [5, 5.41) is 0. The number of alkyl halides is 3. The summed E-state index contributed by atoms with van der Waals surface area (Å²) < 4.78 is 86.7. The van der Waals surface area contributed by atoms with E-state index in [-0.39, 0.29) is 43.0 Å². The molecule has 1 amide bonds. The van der Waals surface area contributed by atoms with Crippen LogP contribution in [-0.2, 0) is 32.1 Å². The van der Waals surface area contributed by atoms with Gasteiger partial charge in [-0.15, -0.1) is 0 Å². The van der Waals surface area contributed by atoms with E-state index in [1.165, 1.54) is 43.4 Å². The zero-order valence-corrected chi connectivity index (χ0v) is 23.4. The van der Waals surface area contributed by atoms with E-state index in [1.807, 2.05) is 0 Å². The Morgan fingerprint density at radius 1 is 0.951 bits per heavy atom. The highest BCUT2D eigenvalue weighted by Gasteiger charge is 2.32. The number of carbonyl (C=O) groups is 1. The molecule has 4 rings (SSSR count). The van der Waals surface area contributed by atoms with Gasteiger partial charge in [0.1, 0.15) is 11.5 Å². The molecule has 0 fully saturated rings. The number of carbonyl (C=O) groups excluding carboxylic acids is 1. The lowest BCUT2D eigenvalue weighted by Crippen LogP contribution is -2.38. The Bertz CT molecular complexity index is 1490. The van der Waals surface area contributed by atoms with Crippen LogP contribution < -0.4 is 19.1 Å². The van der Waals surface area contributed by atoms with Gasteiger partial charge in [0.25, 0.3) is 5.91 Å². The van der Waals surface area contributed by atoms with Gasteiger partial charge in [0, 0.05) is 19.3 Å². The van der Waals surface area contributed by atoms with Crippen molar-refractivity contribution in [1.29, 1.82) is 0 Å². The molecule has 0 bridgehead atoms. The zero-order valence-electron chi connectivity index (χ0n) is 22.6. The molecule has 41 heavy (non-hydrogen) atoms. The maximum Gasteiger partial charge on any atom is 0.416 e. The summed E-state index contributed by atoms with van der Waals surface area (Å²) in [6.45, 7) is 0.776. The van der Waals surface area contributed by atoms with Crippen LogP contribution in [0.5, 0.6) is 11.5 Å². The first-order valence-electron chi connectivity index (χ1n) is 12.4. The molecule has 3 aromatic rings. The van der Waals surface area contributed by atoms with Gasteiger partial charge < -0.3 is 23.8 Å². The van der Waals surface area contributed by atoms with Crippen LogP contribution >= 0.6 is 0 Å². The number of rotatable bonds is 11. The van der Waals surface area contributed by atoms with Crippen LogP contribution in [-0.4, -0.2) is 61.4 Å². The lowest BCUT2D eigenvalue weighted by molar-refractivity contribution is -0.137. The fourth-order valence-corrected chi connectivity index (χ4v) is 4.96. The highest BCUT2D eigenvalue weighted by atomic mass is 32.2. The number of hydrogen-bond acceptors (Lipinski definition) is 7. The molecule has 3 aromatic carbocycles. The van der Waals surface area contributed by atoms with E-state index in [0.29, 0.717) is 41.0 Å². The van der Waals surface area contributed by atoms with Crippen LogP contribution in [0.25, 0.3) is 11.1 Å². The van der Waals surface area contributed by atoms with Crippen LogP contribution in [0.4, 0.5) is 24.5 Å². The van der Waals surface area contributed by atoms with Crippen LogP contribution in [0.15, 0.2) is 54.6 Å². The van der Waals surface area contributed by atoms with Gasteiger partial charge in [0.2, 0.25) is 10.0 Å². The Balaban J connectivity index is 1.62. The largest absolute Gasteiger partial charge is 0.496 e. The van der Waals surface area contributed by atoms with Gasteiger partial charge in [-0.2, -0.15) is 13.2 Å². The van der Waals surface area contributed by atoms with Gasteiger partial charge in [-0.05, 0) is 59.5 Å². The first kappa shape index (κ1) is 30.2. The Hall–Kier alpha value is -3.81. The number of sulfonamides is 1. The molecule has 0 atom stereocenters. The fraction of sp³-hybridized carbons (Fsp3) is 0.321. The number of fused-ring (bicyclic) bond motifs is 1. The van der Waals surface area contributed by atoms with Crippen molar-refractivity contribution in [3.8, 4) is 22.6 Å². The molecule has 1 heterocycles. The first-order valence-corrected chi connectivity index (χ1v) is 14.3. The lowest BCUT2D eigenvalue weighted by Gasteiger charge is -2.30. The number of benzene rings is 3. The minimum atomic E-state index is -4.44. The quantitative estimate of drug-likeness (QED) is 0.247. The predicted octanol–water partition coefficient (Wildman–Crippen LogP) is 4.95. The number of hydrogen-bond donors (Lipinski definition) is 1. The molecule has 9 nitrogen and oxygen atoms in total. The lowest BCUT2D eigenvalue weighted by atomic mass is 9.92. The highest BCUT2D eigenvalue weighted by Crippen LogP contribution is 2.38. The van der Waals surface area contributed by atoms with Crippen molar-refractivity contribution in [3.63, 3.8) is 0 Å². The van der Waals surface area contributed by atoms with Crippen molar-refractivity contribution >= 4 is 27.3 Å². The summed E-state index contributed by atoms with van der Waals surface area (Å²) in [5.41, 5.74) is 1.97. The Morgan fingerprint density at radius 2 is 1.68 bits per heavy atom. The Labute approximate surface area is 235 Å². The molecule has 13 heteroatoms. The third-order valence-electron chi connectivity index (χ3n) is 6.31. The summed E-state index contributed by atoms with van der Waals surface area (Å²) in [6, 6.07) is 12.8. The second-order valence-corrected chi connectivity index (χ2v) is 11.0. The third kappa shape index (κ3) is 7.29. The summed E-state index contributed by atoms with van der Waals surface area (Å²) in [4.78, 5) is 15.2. The molecular weight excluding hydrogens is 565 g/mol. The molecule has 1 aliphatic heterocycles. The minimum absolute atomic E-state index is 0.128. The second-order valence-electron chi connectivity index (χ2n) is 9.21.